The molecule has 0 bridgehead atoms. The summed E-state index contributed by atoms with van der Waals surface area (Å²) in [4.78, 5) is 44.8. The fourth-order valence-corrected chi connectivity index (χ4v) is 6.62. The third-order valence-corrected chi connectivity index (χ3v) is 9.16. The largest absolute Gasteiger partial charge is 0.341 e. The molecule has 1 N–H and O–H groups in total. The number of hydrogen-bond acceptors (Lipinski definition) is 7. The van der Waals surface area contributed by atoms with E-state index in [0.717, 1.165) is 51.7 Å². The number of nitrogens with zero attached hydrogens (tertiary/aromatic N) is 6. The summed E-state index contributed by atoms with van der Waals surface area (Å²) in [5.41, 5.74) is 3.46. The number of nitrogens with one attached hydrogen (secondary N) is 1. The van der Waals surface area contributed by atoms with Crippen LogP contribution in [0.1, 0.15) is 42.6 Å². The van der Waals surface area contributed by atoms with Gasteiger partial charge in [-0.1, -0.05) is 24.3 Å². The summed E-state index contributed by atoms with van der Waals surface area (Å²) in [5, 5.41) is 14.4. The second-order valence-electron chi connectivity index (χ2n) is 11.2. The van der Waals surface area contributed by atoms with E-state index in [1.54, 1.807) is 24.7 Å². The molecule has 2 fully saturated rings. The highest BCUT2D eigenvalue weighted by molar-refractivity contribution is 6.08. The Balaban J connectivity index is 1.25. The molecule has 3 aromatic heterocycles. The molecule has 9 heteroatoms. The van der Waals surface area contributed by atoms with Crippen LogP contribution in [-0.4, -0.2) is 57.3 Å². The monoisotopic (exact) mass is 543 g/mol. The number of nitriles is 1. The summed E-state index contributed by atoms with van der Waals surface area (Å²) in [6.07, 6.45) is 9.91. The standard InChI is InChI=1S/C32H29N7O2/c1-34-32(9-10-32)30(41)38-14-11-31(12-15-38)25-8-13-35-19-27(25)39(29(31)40)20-26-28(22-6-7-23(16-33)36-18-22)24-5-3-2-4-21(24)17-37-26/h2-8,13,17-19,34H,9-12,14-15,20H2,1H3. The average molecular weight is 544 g/mol. The molecule has 0 atom stereocenters. The minimum Gasteiger partial charge on any atom is -0.341 e. The molecule has 204 valence electrons. The Morgan fingerprint density at radius 3 is 2.54 bits per heavy atom. The molecule has 1 saturated heterocycles. The van der Waals surface area contributed by atoms with E-state index in [1.165, 1.54) is 0 Å². The summed E-state index contributed by atoms with van der Waals surface area (Å²) in [7, 11) is 1.85. The van der Waals surface area contributed by atoms with Gasteiger partial charge in [-0.05, 0) is 61.9 Å². The Bertz CT molecular complexity index is 1730. The number of hydrogen-bond donors (Lipinski definition) is 1. The van der Waals surface area contributed by atoms with E-state index in [2.05, 4.69) is 21.4 Å². The molecule has 1 aromatic carbocycles. The Hall–Kier alpha value is -4.68. The molecular weight excluding hydrogens is 514 g/mol. The third-order valence-electron chi connectivity index (χ3n) is 9.16. The smallest absolute Gasteiger partial charge is 0.242 e. The van der Waals surface area contributed by atoms with Crippen LogP contribution in [0.4, 0.5) is 5.69 Å². The van der Waals surface area contributed by atoms with E-state index in [0.29, 0.717) is 31.6 Å². The minimum absolute atomic E-state index is 0.0289. The van der Waals surface area contributed by atoms with Gasteiger partial charge >= 0.3 is 0 Å². The van der Waals surface area contributed by atoms with Gasteiger partial charge in [0.05, 0.1) is 35.1 Å². The van der Waals surface area contributed by atoms with Crippen LogP contribution in [0.5, 0.6) is 0 Å². The van der Waals surface area contributed by atoms with Crippen LogP contribution in [0, 0.1) is 11.3 Å². The number of fused-ring (bicyclic) bond motifs is 3. The SMILES string of the molecule is CNC1(C(=O)N2CCC3(CC2)C(=O)N(Cc2ncc4ccccc4c2-c2ccc(C#N)nc2)c2cnccc23)CC1. The van der Waals surface area contributed by atoms with Gasteiger partial charge in [0.15, 0.2) is 0 Å². The predicted molar refractivity (Wildman–Crippen MR) is 154 cm³/mol. The van der Waals surface area contributed by atoms with Crippen LogP contribution in [0.25, 0.3) is 21.9 Å². The fraction of sp³-hybridized carbons (Fsp3) is 0.312. The third kappa shape index (κ3) is 3.90. The van der Waals surface area contributed by atoms with Gasteiger partial charge in [-0.3, -0.25) is 19.6 Å². The number of piperidine rings is 1. The van der Waals surface area contributed by atoms with Crippen LogP contribution in [0.3, 0.4) is 0 Å². The highest BCUT2D eigenvalue weighted by atomic mass is 16.2. The number of anilines is 1. The van der Waals surface area contributed by atoms with Crippen molar-refractivity contribution in [3.8, 4) is 17.2 Å². The van der Waals surface area contributed by atoms with E-state index in [-0.39, 0.29) is 18.4 Å². The maximum atomic E-state index is 14.4. The Morgan fingerprint density at radius 2 is 1.83 bits per heavy atom. The molecule has 2 amide bonds. The first kappa shape index (κ1) is 25.3. The number of carbonyl (C=O) groups is 2. The van der Waals surface area contributed by atoms with Crippen molar-refractivity contribution in [1.82, 2.24) is 25.2 Å². The highest BCUT2D eigenvalue weighted by Gasteiger charge is 2.55. The maximum absolute atomic E-state index is 14.4. The van der Waals surface area contributed by atoms with Gasteiger partial charge in [-0.25, -0.2) is 4.98 Å². The maximum Gasteiger partial charge on any atom is 0.242 e. The van der Waals surface area contributed by atoms with Crippen molar-refractivity contribution in [1.29, 1.82) is 5.26 Å². The molecule has 4 aromatic rings. The molecular formula is C32H29N7O2. The zero-order valence-electron chi connectivity index (χ0n) is 22.8. The number of amides is 2. The number of pyridine rings is 3. The quantitative estimate of drug-likeness (QED) is 0.408. The molecule has 1 aliphatic carbocycles. The van der Waals surface area contributed by atoms with Gasteiger partial charge in [0, 0.05) is 48.2 Å². The van der Waals surface area contributed by atoms with Gasteiger partial charge in [-0.2, -0.15) is 5.26 Å². The summed E-state index contributed by atoms with van der Waals surface area (Å²) in [6, 6.07) is 15.6. The Morgan fingerprint density at radius 1 is 1.02 bits per heavy atom. The van der Waals surface area contributed by atoms with Crippen molar-refractivity contribution in [3.63, 3.8) is 0 Å². The molecule has 1 spiro atoms. The van der Waals surface area contributed by atoms with Crippen LogP contribution >= 0.6 is 0 Å². The summed E-state index contributed by atoms with van der Waals surface area (Å²) in [6.45, 7) is 1.35. The van der Waals surface area contributed by atoms with Gasteiger partial charge < -0.3 is 15.1 Å². The van der Waals surface area contributed by atoms with Crippen LogP contribution in [0.15, 0.2) is 67.3 Å². The number of rotatable bonds is 5. The molecule has 41 heavy (non-hydrogen) atoms. The first-order valence-corrected chi connectivity index (χ1v) is 14.0. The second-order valence-corrected chi connectivity index (χ2v) is 11.2. The zero-order valence-corrected chi connectivity index (χ0v) is 22.8. The molecule has 0 unspecified atom stereocenters. The van der Waals surface area contributed by atoms with E-state index < -0.39 is 11.0 Å². The summed E-state index contributed by atoms with van der Waals surface area (Å²) in [5.74, 6) is 0.175. The first-order chi connectivity index (χ1) is 20.0. The lowest BCUT2D eigenvalue weighted by Crippen LogP contribution is -2.54. The van der Waals surface area contributed by atoms with E-state index in [4.69, 9.17) is 4.98 Å². The van der Waals surface area contributed by atoms with Crippen molar-refractivity contribution in [2.45, 2.75) is 43.2 Å². The zero-order chi connectivity index (χ0) is 28.2. The number of aromatic nitrogens is 3. The van der Waals surface area contributed by atoms with E-state index in [1.807, 2.05) is 59.4 Å². The number of likely N-dealkylation sites (tertiary alicyclic amines) is 1. The van der Waals surface area contributed by atoms with Crippen LogP contribution in [0.2, 0.25) is 0 Å². The van der Waals surface area contributed by atoms with Crippen LogP contribution in [-0.2, 0) is 21.5 Å². The van der Waals surface area contributed by atoms with Gasteiger partial charge in [0.25, 0.3) is 0 Å². The van der Waals surface area contributed by atoms with E-state index in [9.17, 15) is 14.9 Å². The fourth-order valence-electron chi connectivity index (χ4n) is 6.62. The summed E-state index contributed by atoms with van der Waals surface area (Å²) >= 11 is 0. The Kier molecular flexibility index (Phi) is 5.84. The highest BCUT2D eigenvalue weighted by Crippen LogP contribution is 2.49. The molecule has 1 saturated carbocycles. The molecule has 5 heterocycles. The lowest BCUT2D eigenvalue weighted by atomic mass is 9.74. The van der Waals surface area contributed by atoms with Gasteiger partial charge in [0.1, 0.15) is 11.8 Å². The van der Waals surface area contributed by atoms with Gasteiger partial charge in [0.2, 0.25) is 11.8 Å². The summed E-state index contributed by atoms with van der Waals surface area (Å²) < 4.78 is 0. The normalized spacial score (nSPS) is 18.4. The number of carbonyl (C=O) groups excluding carboxylic acids is 2. The lowest BCUT2D eigenvalue weighted by Gasteiger charge is -2.39. The van der Waals surface area contributed by atoms with Crippen molar-refractivity contribution < 1.29 is 9.59 Å². The molecule has 9 nitrogen and oxygen atoms in total. The average Bonchev–Trinajstić information content (AvgIpc) is 3.81. The second kappa shape index (κ2) is 9.46. The molecule has 3 aliphatic rings. The van der Waals surface area contributed by atoms with Crippen molar-refractivity contribution in [3.05, 3.63) is 84.2 Å². The van der Waals surface area contributed by atoms with Crippen molar-refractivity contribution >= 4 is 28.3 Å². The topological polar surface area (TPSA) is 115 Å². The van der Waals surface area contributed by atoms with Crippen molar-refractivity contribution in [2.75, 3.05) is 25.0 Å². The predicted octanol–water partition coefficient (Wildman–Crippen LogP) is 3.72. The van der Waals surface area contributed by atoms with Gasteiger partial charge in [-0.15, -0.1) is 0 Å². The molecule has 7 rings (SSSR count). The molecule has 2 aliphatic heterocycles. The minimum atomic E-state index is -0.696. The van der Waals surface area contributed by atoms with Crippen molar-refractivity contribution in [2.24, 2.45) is 0 Å². The molecule has 0 radical (unpaired) electrons. The number of likely N-dealkylation sites (N-methyl/N-ethyl adjacent to an activating group) is 1. The van der Waals surface area contributed by atoms with Crippen LogP contribution < -0.4 is 10.2 Å². The first-order valence-electron chi connectivity index (χ1n) is 14.0. The lowest BCUT2D eigenvalue weighted by molar-refractivity contribution is -0.138. The Labute approximate surface area is 237 Å². The number of benzene rings is 1. The van der Waals surface area contributed by atoms with E-state index >= 15 is 0 Å².